The van der Waals surface area contributed by atoms with Gasteiger partial charge in [-0.1, -0.05) is 39.0 Å². The molecule has 34 heavy (non-hydrogen) atoms. The van der Waals surface area contributed by atoms with Gasteiger partial charge in [0, 0.05) is 23.7 Å². The maximum Gasteiger partial charge on any atom is 0.254 e. The van der Waals surface area contributed by atoms with Crippen molar-refractivity contribution in [1.29, 1.82) is 0 Å². The zero-order valence-corrected chi connectivity index (χ0v) is 19.4. The fourth-order valence-corrected chi connectivity index (χ4v) is 4.52. The van der Waals surface area contributed by atoms with Gasteiger partial charge in [-0.05, 0) is 65.8 Å². The number of aromatic nitrogens is 1. The van der Waals surface area contributed by atoms with E-state index in [1.807, 2.05) is 29.2 Å². The van der Waals surface area contributed by atoms with E-state index in [-0.39, 0.29) is 17.4 Å². The fourth-order valence-electron chi connectivity index (χ4n) is 4.52. The molecule has 1 aromatic heterocycles. The highest BCUT2D eigenvalue weighted by atomic mass is 19.1. The molecule has 2 heterocycles. The molecule has 1 aliphatic heterocycles. The van der Waals surface area contributed by atoms with Crippen molar-refractivity contribution < 1.29 is 18.0 Å². The lowest BCUT2D eigenvalue weighted by molar-refractivity contribution is 0.0717. The summed E-state index contributed by atoms with van der Waals surface area (Å²) >= 11 is 0. The van der Waals surface area contributed by atoms with Crippen LogP contribution in [-0.2, 0) is 5.41 Å². The number of benzene rings is 3. The van der Waals surface area contributed by atoms with Crippen LogP contribution in [0.4, 0.5) is 8.78 Å². The molecule has 1 atom stereocenters. The number of fused-ring (bicyclic) bond motifs is 1. The van der Waals surface area contributed by atoms with Gasteiger partial charge in [0.1, 0.15) is 23.2 Å². The Morgan fingerprint density at radius 1 is 1.03 bits per heavy atom. The van der Waals surface area contributed by atoms with Crippen LogP contribution < -0.4 is 0 Å². The second-order valence-corrected chi connectivity index (χ2v) is 9.84. The number of halogens is 2. The third-order valence-corrected chi connectivity index (χ3v) is 6.44. The monoisotopic (exact) mass is 460 g/mol. The van der Waals surface area contributed by atoms with Crippen LogP contribution in [0.25, 0.3) is 22.2 Å². The van der Waals surface area contributed by atoms with E-state index in [1.54, 1.807) is 18.2 Å². The Balaban J connectivity index is 1.43. The summed E-state index contributed by atoms with van der Waals surface area (Å²) in [5, 5.41) is 0. The van der Waals surface area contributed by atoms with Gasteiger partial charge in [-0.2, -0.15) is 0 Å². The minimum atomic E-state index is -0.631. The van der Waals surface area contributed by atoms with Crippen molar-refractivity contribution in [1.82, 2.24) is 9.88 Å². The van der Waals surface area contributed by atoms with Crippen molar-refractivity contribution >= 4 is 17.0 Å². The zero-order valence-electron chi connectivity index (χ0n) is 19.4. The summed E-state index contributed by atoms with van der Waals surface area (Å²) in [5.41, 5.74) is 3.86. The standard InChI is InChI=1S/C28H26F2N2O2/c1-28(2,3)19-9-6-17(7-10-19)27(33)32-14-4-5-24(32)26-31-23-15-18(8-13-25(23)34-26)21-12-11-20(29)16-22(21)30/h6-13,15-16,24H,4-5,14H2,1-3H3/t24-/m0/s1. The third kappa shape index (κ3) is 4.09. The molecule has 4 aromatic rings. The lowest BCUT2D eigenvalue weighted by Crippen LogP contribution is -2.30. The van der Waals surface area contributed by atoms with Crippen LogP contribution in [0.3, 0.4) is 0 Å². The number of nitrogens with zero attached hydrogens (tertiary/aromatic N) is 2. The summed E-state index contributed by atoms with van der Waals surface area (Å²) in [6, 6.07) is 16.2. The van der Waals surface area contributed by atoms with Gasteiger partial charge in [0.25, 0.3) is 5.91 Å². The highest BCUT2D eigenvalue weighted by Crippen LogP contribution is 2.36. The van der Waals surface area contributed by atoms with Gasteiger partial charge < -0.3 is 9.32 Å². The van der Waals surface area contributed by atoms with Gasteiger partial charge in [-0.25, -0.2) is 13.8 Å². The van der Waals surface area contributed by atoms with E-state index in [9.17, 15) is 13.6 Å². The van der Waals surface area contributed by atoms with Crippen molar-refractivity contribution in [2.75, 3.05) is 6.54 Å². The Bertz CT molecular complexity index is 1370. The predicted molar refractivity (Wildman–Crippen MR) is 128 cm³/mol. The quantitative estimate of drug-likeness (QED) is 0.329. The van der Waals surface area contributed by atoms with Gasteiger partial charge in [0.05, 0.1) is 0 Å². The number of oxazole rings is 1. The normalized spacial score (nSPS) is 16.4. The maximum absolute atomic E-state index is 14.3. The van der Waals surface area contributed by atoms with Crippen molar-refractivity contribution in [3.63, 3.8) is 0 Å². The molecule has 0 radical (unpaired) electrons. The van der Waals surface area contributed by atoms with Crippen molar-refractivity contribution in [3.8, 4) is 11.1 Å². The largest absolute Gasteiger partial charge is 0.438 e. The minimum Gasteiger partial charge on any atom is -0.438 e. The number of hydrogen-bond acceptors (Lipinski definition) is 3. The van der Waals surface area contributed by atoms with Gasteiger partial charge in [0.2, 0.25) is 5.89 Å². The molecule has 6 heteroatoms. The first-order valence-electron chi connectivity index (χ1n) is 11.5. The summed E-state index contributed by atoms with van der Waals surface area (Å²) in [5.74, 6) is -0.818. The molecule has 1 fully saturated rings. The van der Waals surface area contributed by atoms with Crippen LogP contribution in [0.1, 0.15) is 61.5 Å². The molecule has 0 unspecified atom stereocenters. The molecule has 0 spiro atoms. The fraction of sp³-hybridized carbons (Fsp3) is 0.286. The second kappa shape index (κ2) is 8.35. The molecule has 0 N–H and O–H groups in total. The second-order valence-electron chi connectivity index (χ2n) is 9.84. The number of carbonyl (C=O) groups excluding carboxylic acids is 1. The van der Waals surface area contributed by atoms with Crippen LogP contribution in [-0.4, -0.2) is 22.3 Å². The molecular formula is C28H26F2N2O2. The van der Waals surface area contributed by atoms with E-state index >= 15 is 0 Å². The van der Waals surface area contributed by atoms with Crippen LogP contribution in [0, 0.1) is 11.6 Å². The first-order chi connectivity index (χ1) is 16.2. The number of hydrogen-bond donors (Lipinski definition) is 0. The van der Waals surface area contributed by atoms with Gasteiger partial charge in [-0.3, -0.25) is 4.79 Å². The first-order valence-corrected chi connectivity index (χ1v) is 11.5. The SMILES string of the molecule is CC(C)(C)c1ccc(C(=O)N2CCC[C@H]2c2nc3cc(-c4ccc(F)cc4F)ccc3o2)cc1. The lowest BCUT2D eigenvalue weighted by atomic mass is 9.86. The van der Waals surface area contributed by atoms with Crippen LogP contribution >= 0.6 is 0 Å². The Morgan fingerprint density at radius 2 is 1.79 bits per heavy atom. The number of amides is 1. The Hall–Kier alpha value is -3.54. The van der Waals surface area contributed by atoms with E-state index in [0.717, 1.165) is 18.9 Å². The van der Waals surface area contributed by atoms with E-state index in [2.05, 4.69) is 25.8 Å². The number of likely N-dealkylation sites (tertiary alicyclic amines) is 1. The highest BCUT2D eigenvalue weighted by molar-refractivity contribution is 5.94. The summed E-state index contributed by atoms with van der Waals surface area (Å²) < 4.78 is 33.6. The Labute approximate surface area is 197 Å². The first kappa shape index (κ1) is 22.3. The molecule has 5 rings (SSSR count). The summed E-state index contributed by atoms with van der Waals surface area (Å²) in [6.07, 6.45) is 1.62. The van der Waals surface area contributed by atoms with Crippen LogP contribution in [0.2, 0.25) is 0 Å². The van der Waals surface area contributed by atoms with E-state index in [4.69, 9.17) is 4.42 Å². The molecule has 3 aromatic carbocycles. The van der Waals surface area contributed by atoms with E-state index in [0.29, 0.717) is 40.2 Å². The summed E-state index contributed by atoms with van der Waals surface area (Å²) in [4.78, 5) is 19.8. The molecular weight excluding hydrogens is 434 g/mol. The van der Waals surface area contributed by atoms with Gasteiger partial charge >= 0.3 is 0 Å². The number of rotatable bonds is 3. The van der Waals surface area contributed by atoms with Crippen molar-refractivity contribution in [3.05, 3.63) is 89.3 Å². The van der Waals surface area contributed by atoms with E-state index in [1.165, 1.54) is 17.7 Å². The maximum atomic E-state index is 14.3. The average Bonchev–Trinajstić information content (AvgIpc) is 3.44. The number of carbonyl (C=O) groups is 1. The molecule has 1 aliphatic rings. The molecule has 1 saturated heterocycles. The molecule has 1 amide bonds. The molecule has 174 valence electrons. The van der Waals surface area contributed by atoms with Crippen molar-refractivity contribution in [2.45, 2.75) is 45.1 Å². The van der Waals surface area contributed by atoms with Crippen LogP contribution in [0.5, 0.6) is 0 Å². The Morgan fingerprint density at radius 3 is 2.50 bits per heavy atom. The lowest BCUT2D eigenvalue weighted by Gasteiger charge is -2.23. The topological polar surface area (TPSA) is 46.3 Å². The summed E-state index contributed by atoms with van der Waals surface area (Å²) in [6.45, 7) is 7.06. The van der Waals surface area contributed by atoms with E-state index < -0.39 is 11.6 Å². The molecule has 4 nitrogen and oxygen atoms in total. The van der Waals surface area contributed by atoms with Crippen LogP contribution in [0.15, 0.2) is 65.1 Å². The summed E-state index contributed by atoms with van der Waals surface area (Å²) in [7, 11) is 0. The predicted octanol–water partition coefficient (Wildman–Crippen LogP) is 7.05. The smallest absolute Gasteiger partial charge is 0.254 e. The Kier molecular flexibility index (Phi) is 5.47. The molecule has 0 bridgehead atoms. The highest BCUT2D eigenvalue weighted by Gasteiger charge is 2.34. The average molecular weight is 461 g/mol. The van der Waals surface area contributed by atoms with Gasteiger partial charge in [0.15, 0.2) is 5.58 Å². The minimum absolute atomic E-state index is 0.0195. The molecule has 0 aliphatic carbocycles. The zero-order chi connectivity index (χ0) is 24.0. The molecule has 0 saturated carbocycles. The third-order valence-electron chi connectivity index (χ3n) is 6.44. The van der Waals surface area contributed by atoms with Gasteiger partial charge in [-0.15, -0.1) is 0 Å². The van der Waals surface area contributed by atoms with Crippen molar-refractivity contribution in [2.24, 2.45) is 0 Å².